The third kappa shape index (κ3) is 3.17. The van der Waals surface area contributed by atoms with Gasteiger partial charge in [-0.15, -0.1) is 0 Å². The van der Waals surface area contributed by atoms with E-state index in [0.29, 0.717) is 17.3 Å². The number of nitrogen functional groups attached to an aromatic ring is 1. The maximum Gasteiger partial charge on any atom is 0.169 e. The number of methoxy groups -OCH3 is 1. The van der Waals surface area contributed by atoms with Gasteiger partial charge in [-0.25, -0.2) is 0 Å². The normalized spacial score (nSPS) is 19.1. The maximum atomic E-state index is 6.11. The Labute approximate surface area is 129 Å². The van der Waals surface area contributed by atoms with E-state index >= 15 is 0 Å². The van der Waals surface area contributed by atoms with Crippen LogP contribution in [0, 0.1) is 0 Å². The summed E-state index contributed by atoms with van der Waals surface area (Å²) in [6.07, 6.45) is 2.41. The summed E-state index contributed by atoms with van der Waals surface area (Å²) in [5.74, 6) is 2.40. The van der Waals surface area contributed by atoms with E-state index in [0.717, 1.165) is 37.2 Å². The topological polar surface area (TPSA) is 73.8 Å². The van der Waals surface area contributed by atoms with Crippen molar-refractivity contribution in [3.63, 3.8) is 0 Å². The van der Waals surface area contributed by atoms with Crippen LogP contribution in [0.25, 0.3) is 11.3 Å². The van der Waals surface area contributed by atoms with Crippen LogP contribution in [0.3, 0.4) is 0 Å². The third-order valence-electron chi connectivity index (χ3n) is 3.85. The molecule has 0 radical (unpaired) electrons. The summed E-state index contributed by atoms with van der Waals surface area (Å²) >= 11 is 0. The van der Waals surface area contributed by atoms with Crippen LogP contribution < -0.4 is 15.2 Å². The summed E-state index contributed by atoms with van der Waals surface area (Å²) in [4.78, 5) is 2.28. The first-order valence-corrected chi connectivity index (χ1v) is 7.41. The summed E-state index contributed by atoms with van der Waals surface area (Å²) in [5.41, 5.74) is 6.44. The Morgan fingerprint density at radius 3 is 2.86 bits per heavy atom. The molecule has 22 heavy (non-hydrogen) atoms. The Kier molecular flexibility index (Phi) is 4.20. The van der Waals surface area contributed by atoms with Crippen LogP contribution >= 0.6 is 0 Å². The Bertz CT molecular complexity index is 641. The minimum atomic E-state index is 0.194. The van der Waals surface area contributed by atoms with Crippen molar-refractivity contribution < 1.29 is 14.0 Å². The molecule has 1 aliphatic rings. The fraction of sp³-hybridized carbons (Fsp3) is 0.438. The number of benzene rings is 1. The number of hydrogen-bond acceptors (Lipinski definition) is 6. The molecule has 3 rings (SSSR count). The van der Waals surface area contributed by atoms with Gasteiger partial charge in [0.25, 0.3) is 0 Å². The third-order valence-corrected chi connectivity index (χ3v) is 3.85. The molecule has 0 amide bonds. The lowest BCUT2D eigenvalue weighted by Gasteiger charge is -2.30. The van der Waals surface area contributed by atoms with Gasteiger partial charge in [0.15, 0.2) is 23.1 Å². The molecule has 6 nitrogen and oxygen atoms in total. The predicted molar refractivity (Wildman–Crippen MR) is 84.1 cm³/mol. The molecular weight excluding hydrogens is 282 g/mol. The molecule has 6 heteroatoms. The smallest absolute Gasteiger partial charge is 0.169 e. The zero-order valence-electron chi connectivity index (χ0n) is 12.9. The van der Waals surface area contributed by atoms with Crippen molar-refractivity contribution >= 4 is 5.82 Å². The van der Waals surface area contributed by atoms with Gasteiger partial charge in [0.1, 0.15) is 6.10 Å². The Morgan fingerprint density at radius 1 is 1.32 bits per heavy atom. The van der Waals surface area contributed by atoms with Crippen molar-refractivity contribution in [1.82, 2.24) is 10.1 Å². The first-order chi connectivity index (χ1) is 10.7. The zero-order chi connectivity index (χ0) is 15.5. The standard InChI is InChI=1S/C16H21N3O3/c1-19-7-3-4-12(10-19)21-13-6-5-11(8-15(13)20-2)14-9-16(17)18-22-14/h5-6,8-9,12H,3-4,7,10H2,1-2H3,(H2,17,18). The first-order valence-electron chi connectivity index (χ1n) is 7.41. The molecule has 0 bridgehead atoms. The van der Waals surface area contributed by atoms with E-state index in [4.69, 9.17) is 19.7 Å². The SMILES string of the molecule is COc1cc(-c2cc(N)no2)ccc1OC1CCCN(C)C1. The lowest BCUT2D eigenvalue weighted by molar-refractivity contribution is 0.101. The highest BCUT2D eigenvalue weighted by Crippen LogP contribution is 2.34. The minimum Gasteiger partial charge on any atom is -0.493 e. The summed E-state index contributed by atoms with van der Waals surface area (Å²) in [7, 11) is 3.75. The van der Waals surface area contributed by atoms with E-state index in [1.807, 2.05) is 18.2 Å². The second-order valence-corrected chi connectivity index (χ2v) is 5.63. The van der Waals surface area contributed by atoms with E-state index in [1.165, 1.54) is 0 Å². The maximum absolute atomic E-state index is 6.11. The average Bonchev–Trinajstić information content (AvgIpc) is 2.94. The molecule has 1 aromatic heterocycles. The van der Waals surface area contributed by atoms with Gasteiger partial charge in [0.05, 0.1) is 7.11 Å². The molecule has 1 saturated heterocycles. The van der Waals surface area contributed by atoms with Crippen LogP contribution in [0.1, 0.15) is 12.8 Å². The van der Waals surface area contributed by atoms with E-state index < -0.39 is 0 Å². The fourth-order valence-corrected chi connectivity index (χ4v) is 2.74. The van der Waals surface area contributed by atoms with Gasteiger partial charge in [0, 0.05) is 18.2 Å². The predicted octanol–water partition coefficient (Wildman–Crippen LogP) is 2.41. The van der Waals surface area contributed by atoms with Crippen molar-refractivity contribution in [3.8, 4) is 22.8 Å². The van der Waals surface area contributed by atoms with E-state index in [2.05, 4.69) is 17.1 Å². The Hall–Kier alpha value is -2.21. The van der Waals surface area contributed by atoms with Gasteiger partial charge in [-0.1, -0.05) is 5.16 Å². The van der Waals surface area contributed by atoms with Crippen LogP contribution in [-0.4, -0.2) is 43.4 Å². The van der Waals surface area contributed by atoms with Crippen molar-refractivity contribution in [2.45, 2.75) is 18.9 Å². The van der Waals surface area contributed by atoms with Crippen molar-refractivity contribution in [2.24, 2.45) is 0 Å². The van der Waals surface area contributed by atoms with Gasteiger partial charge in [-0.2, -0.15) is 0 Å². The monoisotopic (exact) mass is 303 g/mol. The number of rotatable bonds is 4. The van der Waals surface area contributed by atoms with Gasteiger partial charge >= 0.3 is 0 Å². The number of hydrogen-bond donors (Lipinski definition) is 1. The van der Waals surface area contributed by atoms with Crippen LogP contribution in [0.2, 0.25) is 0 Å². The molecule has 2 aromatic rings. The van der Waals surface area contributed by atoms with Crippen LogP contribution in [0.4, 0.5) is 5.82 Å². The molecule has 1 fully saturated rings. The molecule has 0 saturated carbocycles. The van der Waals surface area contributed by atoms with E-state index in [1.54, 1.807) is 13.2 Å². The molecule has 2 N–H and O–H groups in total. The van der Waals surface area contributed by atoms with Gasteiger partial charge < -0.3 is 24.6 Å². The average molecular weight is 303 g/mol. The highest BCUT2D eigenvalue weighted by molar-refractivity contribution is 5.64. The largest absolute Gasteiger partial charge is 0.493 e. The van der Waals surface area contributed by atoms with Crippen LogP contribution in [-0.2, 0) is 0 Å². The number of likely N-dealkylation sites (N-methyl/N-ethyl adjacent to an activating group) is 1. The Balaban J connectivity index is 1.80. The number of anilines is 1. The molecule has 0 spiro atoms. The summed E-state index contributed by atoms with van der Waals surface area (Å²) in [6, 6.07) is 7.39. The number of likely N-dealkylation sites (tertiary alicyclic amines) is 1. The minimum absolute atomic E-state index is 0.194. The molecule has 118 valence electrons. The summed E-state index contributed by atoms with van der Waals surface area (Å²) in [5, 5.41) is 3.70. The molecule has 0 aliphatic carbocycles. The number of nitrogens with zero attached hydrogens (tertiary/aromatic N) is 2. The van der Waals surface area contributed by atoms with E-state index in [9.17, 15) is 0 Å². The lowest BCUT2D eigenvalue weighted by atomic mass is 10.1. The van der Waals surface area contributed by atoms with Gasteiger partial charge in [-0.05, 0) is 44.6 Å². The Morgan fingerprint density at radius 2 is 2.18 bits per heavy atom. The lowest BCUT2D eigenvalue weighted by Crippen LogP contribution is -2.38. The van der Waals surface area contributed by atoms with Crippen molar-refractivity contribution in [2.75, 3.05) is 33.0 Å². The molecule has 1 aliphatic heterocycles. The van der Waals surface area contributed by atoms with E-state index in [-0.39, 0.29) is 6.10 Å². The van der Waals surface area contributed by atoms with Gasteiger partial charge in [-0.3, -0.25) is 0 Å². The van der Waals surface area contributed by atoms with Crippen molar-refractivity contribution in [1.29, 1.82) is 0 Å². The second-order valence-electron chi connectivity index (χ2n) is 5.63. The quantitative estimate of drug-likeness (QED) is 0.935. The molecule has 1 unspecified atom stereocenters. The highest BCUT2D eigenvalue weighted by atomic mass is 16.5. The molecule has 1 aromatic carbocycles. The van der Waals surface area contributed by atoms with Crippen LogP contribution in [0.5, 0.6) is 11.5 Å². The number of aromatic nitrogens is 1. The number of ether oxygens (including phenoxy) is 2. The molecular formula is C16H21N3O3. The molecule has 1 atom stereocenters. The van der Waals surface area contributed by atoms with Gasteiger partial charge in [0.2, 0.25) is 0 Å². The fourth-order valence-electron chi connectivity index (χ4n) is 2.74. The number of piperidine rings is 1. The highest BCUT2D eigenvalue weighted by Gasteiger charge is 2.20. The second kappa shape index (κ2) is 6.27. The first kappa shape index (κ1) is 14.7. The zero-order valence-corrected chi connectivity index (χ0v) is 12.9. The summed E-state index contributed by atoms with van der Waals surface area (Å²) in [6.45, 7) is 2.06. The molecule has 2 heterocycles. The number of nitrogens with two attached hydrogens (primary N) is 1. The van der Waals surface area contributed by atoms with Crippen LogP contribution in [0.15, 0.2) is 28.8 Å². The summed E-state index contributed by atoms with van der Waals surface area (Å²) < 4.78 is 16.7. The van der Waals surface area contributed by atoms with Crippen molar-refractivity contribution in [3.05, 3.63) is 24.3 Å².